The molecule has 2 aromatic heterocycles. The van der Waals surface area contributed by atoms with Gasteiger partial charge in [0.25, 0.3) is 0 Å². The van der Waals surface area contributed by atoms with Crippen LogP contribution in [0.5, 0.6) is 0 Å². The van der Waals surface area contributed by atoms with Crippen LogP contribution in [0, 0.1) is 0 Å². The molecular weight excluding hydrogens is 248 g/mol. The number of pyridine rings is 1. The van der Waals surface area contributed by atoms with Crippen LogP contribution < -0.4 is 5.73 Å². The lowest BCUT2D eigenvalue weighted by Gasteiger charge is -2.08. The summed E-state index contributed by atoms with van der Waals surface area (Å²) in [5.41, 5.74) is 7.14. The van der Waals surface area contributed by atoms with Crippen LogP contribution in [0.4, 0.5) is 0 Å². The van der Waals surface area contributed by atoms with E-state index in [1.807, 2.05) is 6.20 Å². The minimum atomic E-state index is 0.243. The predicted octanol–water partition coefficient (Wildman–Crippen LogP) is 3.57. The molecule has 0 saturated heterocycles. The molecular formula is C13H16N2S2. The third kappa shape index (κ3) is 3.84. The van der Waals surface area contributed by atoms with Crippen LogP contribution in [0.15, 0.2) is 45.1 Å². The van der Waals surface area contributed by atoms with Crippen molar-refractivity contribution in [3.63, 3.8) is 0 Å². The van der Waals surface area contributed by atoms with Crippen molar-refractivity contribution in [3.05, 3.63) is 41.4 Å². The molecule has 2 heterocycles. The molecule has 0 saturated carbocycles. The summed E-state index contributed by atoms with van der Waals surface area (Å²) in [6.07, 6.45) is 3.85. The van der Waals surface area contributed by atoms with E-state index in [4.69, 9.17) is 5.73 Å². The fourth-order valence-corrected chi connectivity index (χ4v) is 3.12. The lowest BCUT2D eigenvalue weighted by atomic mass is 10.1. The molecule has 0 aromatic carbocycles. The second-order valence-electron chi connectivity index (χ2n) is 3.91. The zero-order valence-corrected chi connectivity index (χ0v) is 11.4. The molecule has 0 spiro atoms. The van der Waals surface area contributed by atoms with Gasteiger partial charge in [-0.1, -0.05) is 30.8 Å². The highest BCUT2D eigenvalue weighted by Crippen LogP contribution is 2.29. The molecule has 17 heavy (non-hydrogen) atoms. The highest BCUT2D eigenvalue weighted by atomic mass is 32.2. The van der Waals surface area contributed by atoms with Crippen molar-refractivity contribution in [1.29, 1.82) is 0 Å². The van der Waals surface area contributed by atoms with Gasteiger partial charge in [-0.15, -0.1) is 11.3 Å². The van der Waals surface area contributed by atoms with Crippen LogP contribution in [0.1, 0.15) is 18.9 Å². The van der Waals surface area contributed by atoms with Crippen LogP contribution in [-0.4, -0.2) is 11.0 Å². The quantitative estimate of drug-likeness (QED) is 0.897. The van der Waals surface area contributed by atoms with E-state index in [1.54, 1.807) is 23.1 Å². The Bertz CT molecular complexity index is 437. The number of nitrogens with two attached hydrogens (primary N) is 1. The minimum absolute atomic E-state index is 0.243. The first-order valence-electron chi connectivity index (χ1n) is 5.70. The SMILES string of the molecule is CCC(N)Cc1ccc(Sc2cccs2)nc1. The molecule has 4 heteroatoms. The normalized spacial score (nSPS) is 12.6. The zero-order chi connectivity index (χ0) is 12.1. The second kappa shape index (κ2) is 6.19. The van der Waals surface area contributed by atoms with Crippen LogP contribution in [0.3, 0.4) is 0 Å². The average molecular weight is 264 g/mol. The molecule has 90 valence electrons. The van der Waals surface area contributed by atoms with Gasteiger partial charge in [0, 0.05) is 12.2 Å². The van der Waals surface area contributed by atoms with Crippen molar-refractivity contribution in [3.8, 4) is 0 Å². The van der Waals surface area contributed by atoms with Gasteiger partial charge in [-0.05, 0) is 35.9 Å². The number of thiophene rings is 1. The maximum absolute atomic E-state index is 5.92. The van der Waals surface area contributed by atoms with Gasteiger partial charge in [0.1, 0.15) is 5.03 Å². The Kier molecular flexibility index (Phi) is 4.59. The predicted molar refractivity (Wildman–Crippen MR) is 74.6 cm³/mol. The second-order valence-corrected chi connectivity index (χ2v) is 6.18. The minimum Gasteiger partial charge on any atom is -0.327 e. The van der Waals surface area contributed by atoms with E-state index in [9.17, 15) is 0 Å². The van der Waals surface area contributed by atoms with Gasteiger partial charge < -0.3 is 5.73 Å². The first-order chi connectivity index (χ1) is 8.28. The van der Waals surface area contributed by atoms with Crippen LogP contribution in [0.2, 0.25) is 0 Å². The summed E-state index contributed by atoms with van der Waals surface area (Å²) in [4.78, 5) is 4.45. The Morgan fingerprint density at radius 1 is 1.41 bits per heavy atom. The summed E-state index contributed by atoms with van der Waals surface area (Å²) in [5, 5.41) is 3.12. The topological polar surface area (TPSA) is 38.9 Å². The molecule has 2 N–H and O–H groups in total. The summed E-state index contributed by atoms with van der Waals surface area (Å²) >= 11 is 3.44. The van der Waals surface area contributed by atoms with Crippen molar-refractivity contribution in [2.45, 2.75) is 35.0 Å². The summed E-state index contributed by atoms with van der Waals surface area (Å²) < 4.78 is 1.27. The average Bonchev–Trinajstić information content (AvgIpc) is 2.84. The lowest BCUT2D eigenvalue weighted by molar-refractivity contribution is 0.644. The van der Waals surface area contributed by atoms with Gasteiger partial charge in [-0.3, -0.25) is 0 Å². The van der Waals surface area contributed by atoms with E-state index in [1.165, 1.54) is 9.77 Å². The van der Waals surface area contributed by atoms with Crippen LogP contribution >= 0.6 is 23.1 Å². The van der Waals surface area contributed by atoms with E-state index in [-0.39, 0.29) is 6.04 Å². The third-order valence-corrected chi connectivity index (χ3v) is 4.51. The molecule has 0 fully saturated rings. The maximum Gasteiger partial charge on any atom is 0.101 e. The molecule has 0 aliphatic carbocycles. The van der Waals surface area contributed by atoms with E-state index < -0.39 is 0 Å². The van der Waals surface area contributed by atoms with Gasteiger partial charge >= 0.3 is 0 Å². The van der Waals surface area contributed by atoms with Gasteiger partial charge in [0.2, 0.25) is 0 Å². The Morgan fingerprint density at radius 3 is 2.88 bits per heavy atom. The number of rotatable bonds is 5. The monoisotopic (exact) mass is 264 g/mol. The number of hydrogen-bond donors (Lipinski definition) is 1. The Balaban J connectivity index is 1.98. The van der Waals surface area contributed by atoms with Crippen molar-refractivity contribution >= 4 is 23.1 Å². The lowest BCUT2D eigenvalue weighted by Crippen LogP contribution is -2.21. The Labute approximate surface area is 110 Å². The molecule has 2 rings (SSSR count). The summed E-state index contributed by atoms with van der Waals surface area (Å²) in [5.74, 6) is 0. The van der Waals surface area contributed by atoms with Crippen molar-refractivity contribution in [2.75, 3.05) is 0 Å². The Morgan fingerprint density at radius 2 is 2.29 bits per heavy atom. The van der Waals surface area contributed by atoms with Gasteiger partial charge in [0.15, 0.2) is 0 Å². The number of nitrogens with zero attached hydrogens (tertiary/aromatic N) is 1. The van der Waals surface area contributed by atoms with E-state index in [2.05, 4.69) is 41.6 Å². The molecule has 1 unspecified atom stereocenters. The zero-order valence-electron chi connectivity index (χ0n) is 9.80. The van der Waals surface area contributed by atoms with Gasteiger partial charge in [-0.2, -0.15) is 0 Å². The molecule has 2 nitrogen and oxygen atoms in total. The first kappa shape index (κ1) is 12.6. The number of aromatic nitrogens is 1. The standard InChI is InChI=1S/C13H16N2S2/c1-2-11(14)8-10-5-6-12(15-9-10)17-13-4-3-7-16-13/h3-7,9,11H,2,8,14H2,1H3. The largest absolute Gasteiger partial charge is 0.327 e. The summed E-state index contributed by atoms with van der Waals surface area (Å²) in [6.45, 7) is 2.11. The molecule has 1 atom stereocenters. The molecule has 0 amide bonds. The van der Waals surface area contributed by atoms with Crippen LogP contribution in [0.25, 0.3) is 0 Å². The smallest absolute Gasteiger partial charge is 0.101 e. The molecule has 0 bridgehead atoms. The molecule has 0 aliphatic heterocycles. The fourth-order valence-electron chi connectivity index (χ4n) is 1.46. The summed E-state index contributed by atoms with van der Waals surface area (Å²) in [7, 11) is 0. The number of hydrogen-bond acceptors (Lipinski definition) is 4. The molecule has 2 aromatic rings. The highest BCUT2D eigenvalue weighted by molar-refractivity contribution is 8.01. The Hall–Kier alpha value is -0.840. The summed E-state index contributed by atoms with van der Waals surface area (Å²) in [6, 6.07) is 8.60. The van der Waals surface area contributed by atoms with Gasteiger partial charge in [-0.25, -0.2) is 4.98 Å². The molecule has 0 aliphatic rings. The van der Waals surface area contributed by atoms with Crippen molar-refractivity contribution in [1.82, 2.24) is 4.98 Å². The first-order valence-corrected chi connectivity index (χ1v) is 7.39. The van der Waals surface area contributed by atoms with E-state index in [0.717, 1.165) is 17.9 Å². The maximum atomic E-state index is 5.92. The van der Waals surface area contributed by atoms with E-state index in [0.29, 0.717) is 0 Å². The fraction of sp³-hybridized carbons (Fsp3) is 0.308. The van der Waals surface area contributed by atoms with Crippen LogP contribution in [-0.2, 0) is 6.42 Å². The third-order valence-electron chi connectivity index (χ3n) is 2.52. The van der Waals surface area contributed by atoms with Crippen molar-refractivity contribution in [2.24, 2.45) is 5.73 Å². The van der Waals surface area contributed by atoms with Crippen molar-refractivity contribution < 1.29 is 0 Å². The molecule has 0 radical (unpaired) electrons. The highest BCUT2D eigenvalue weighted by Gasteiger charge is 2.03. The van der Waals surface area contributed by atoms with E-state index >= 15 is 0 Å². The van der Waals surface area contributed by atoms with Gasteiger partial charge in [0.05, 0.1) is 4.21 Å².